The summed E-state index contributed by atoms with van der Waals surface area (Å²) in [7, 11) is 1.69. The van der Waals surface area contributed by atoms with E-state index >= 15 is 0 Å². The number of ether oxygens (including phenoxy) is 2. The molecule has 0 spiro atoms. The average Bonchev–Trinajstić information content (AvgIpc) is 3.51. The van der Waals surface area contributed by atoms with Gasteiger partial charge in [0.25, 0.3) is 0 Å². The van der Waals surface area contributed by atoms with E-state index in [0.717, 1.165) is 58.0 Å². The van der Waals surface area contributed by atoms with Crippen LogP contribution in [0.25, 0.3) is 22.0 Å². The minimum absolute atomic E-state index is 0.495. The first kappa shape index (κ1) is 24.7. The quantitative estimate of drug-likeness (QED) is 0.208. The number of methoxy groups -OCH3 is 1. The summed E-state index contributed by atoms with van der Waals surface area (Å²) in [6, 6.07) is 8.09. The number of aliphatic imine (C=N–C) groups is 1. The monoisotopic (exact) mass is 529 g/mol. The molecule has 4 N–H and O–H groups in total. The van der Waals surface area contributed by atoms with E-state index in [9.17, 15) is 0 Å². The average molecular weight is 530 g/mol. The third-order valence-electron chi connectivity index (χ3n) is 6.27. The summed E-state index contributed by atoms with van der Waals surface area (Å²) in [4.78, 5) is 14.1. The fourth-order valence-corrected chi connectivity index (χ4v) is 6.87. The van der Waals surface area contributed by atoms with Crippen LogP contribution >= 0.6 is 35.7 Å². The summed E-state index contributed by atoms with van der Waals surface area (Å²) < 4.78 is 12.0. The van der Waals surface area contributed by atoms with Gasteiger partial charge in [-0.3, -0.25) is 4.99 Å². The van der Waals surface area contributed by atoms with Crippen molar-refractivity contribution in [3.63, 3.8) is 0 Å². The number of rotatable bonds is 9. The van der Waals surface area contributed by atoms with Gasteiger partial charge in [0.05, 0.1) is 35.6 Å². The fourth-order valence-electron chi connectivity index (χ4n) is 4.52. The molecule has 0 radical (unpaired) electrons. The Kier molecular flexibility index (Phi) is 8.04. The van der Waals surface area contributed by atoms with Crippen LogP contribution < -0.4 is 10.5 Å². The van der Waals surface area contributed by atoms with Crippen molar-refractivity contribution in [1.29, 1.82) is 0 Å². The maximum absolute atomic E-state index is 6.76. The van der Waals surface area contributed by atoms with Gasteiger partial charge in [-0.25, -0.2) is 0 Å². The first-order valence-electron chi connectivity index (χ1n) is 11.9. The first-order chi connectivity index (χ1) is 17.1. The van der Waals surface area contributed by atoms with E-state index in [4.69, 9.17) is 32.4 Å². The maximum Gasteiger partial charge on any atom is 0.130 e. The van der Waals surface area contributed by atoms with Crippen molar-refractivity contribution in [3.05, 3.63) is 40.8 Å². The zero-order valence-corrected chi connectivity index (χ0v) is 22.3. The largest absolute Gasteiger partial charge is 0.493 e. The molecule has 10 heteroatoms. The fraction of sp³-hybridized carbons (Fsp3) is 0.440. The summed E-state index contributed by atoms with van der Waals surface area (Å²) in [6.45, 7) is 5.48. The molecule has 2 aliphatic rings. The normalized spacial score (nSPS) is 18.8. The lowest BCUT2D eigenvalue weighted by atomic mass is 10.0. The SMILES string of the molecule is COCCCOc1cc2cc(C3=NCC(CN4CCSCC4)S3)[nH]c2c(N)c1-c1ccc[nH]c1=S. The van der Waals surface area contributed by atoms with Gasteiger partial charge in [-0.2, -0.15) is 11.8 Å². The van der Waals surface area contributed by atoms with E-state index in [2.05, 4.69) is 27.0 Å². The van der Waals surface area contributed by atoms with Crippen molar-refractivity contribution in [3.8, 4) is 16.9 Å². The second-order valence-electron chi connectivity index (χ2n) is 8.72. The molecule has 2 aliphatic heterocycles. The number of hydrogen-bond acceptors (Lipinski definition) is 8. The molecular weight excluding hydrogens is 499 g/mol. The first-order valence-corrected chi connectivity index (χ1v) is 14.3. The van der Waals surface area contributed by atoms with Gasteiger partial charge in [-0.1, -0.05) is 24.0 Å². The zero-order chi connectivity index (χ0) is 24.2. The van der Waals surface area contributed by atoms with E-state index in [-0.39, 0.29) is 0 Å². The number of aromatic amines is 2. The number of nitrogens with one attached hydrogen (secondary N) is 2. The number of hydrogen-bond donors (Lipinski definition) is 3. The number of nitrogens with zero attached hydrogens (tertiary/aromatic N) is 2. The van der Waals surface area contributed by atoms with E-state index < -0.39 is 0 Å². The lowest BCUT2D eigenvalue weighted by Crippen LogP contribution is -2.37. The number of anilines is 1. The van der Waals surface area contributed by atoms with Crippen LogP contribution in [0.3, 0.4) is 0 Å². The summed E-state index contributed by atoms with van der Waals surface area (Å²) >= 11 is 9.49. The van der Waals surface area contributed by atoms with Crippen LogP contribution in [-0.2, 0) is 4.74 Å². The van der Waals surface area contributed by atoms with E-state index in [1.807, 2.05) is 41.9 Å². The maximum atomic E-state index is 6.76. The summed E-state index contributed by atoms with van der Waals surface area (Å²) in [5, 5.41) is 2.56. The standard InChI is InChI=1S/C25H31N5O2S3/c1-31-8-3-9-32-20-13-16-12-19(25-28-14-17(35-25)15-30-6-10-34-11-7-30)29-23(16)22(26)21(20)18-4-2-5-27-24(18)33/h2,4-5,12-13,17,29H,3,6-11,14-15,26H2,1H3,(H,27,33). The molecule has 0 aliphatic carbocycles. The summed E-state index contributed by atoms with van der Waals surface area (Å²) in [5.41, 5.74) is 11.0. The van der Waals surface area contributed by atoms with Gasteiger partial charge in [-0.05, 0) is 24.3 Å². The Hall–Kier alpha value is -1.98. The number of aromatic nitrogens is 2. The molecule has 1 atom stereocenters. The van der Waals surface area contributed by atoms with Crippen LogP contribution in [0.4, 0.5) is 5.69 Å². The van der Waals surface area contributed by atoms with Gasteiger partial charge in [0.15, 0.2) is 0 Å². The molecule has 7 nitrogen and oxygen atoms in total. The summed E-state index contributed by atoms with van der Waals surface area (Å²) in [5.74, 6) is 3.19. The van der Waals surface area contributed by atoms with Gasteiger partial charge in [0.1, 0.15) is 15.4 Å². The number of pyridine rings is 1. The van der Waals surface area contributed by atoms with Crippen molar-refractivity contribution >= 4 is 57.4 Å². The predicted molar refractivity (Wildman–Crippen MR) is 152 cm³/mol. The Labute approximate surface area is 219 Å². The van der Waals surface area contributed by atoms with Crippen molar-refractivity contribution in [2.75, 3.05) is 63.7 Å². The highest BCUT2D eigenvalue weighted by molar-refractivity contribution is 8.15. The highest BCUT2D eigenvalue weighted by Gasteiger charge is 2.26. The molecule has 1 unspecified atom stereocenters. The Morgan fingerprint density at radius 1 is 1.26 bits per heavy atom. The van der Waals surface area contributed by atoms with Crippen LogP contribution in [0.1, 0.15) is 12.1 Å². The van der Waals surface area contributed by atoms with Crippen LogP contribution in [0.15, 0.2) is 35.5 Å². The van der Waals surface area contributed by atoms with Crippen molar-refractivity contribution in [2.24, 2.45) is 4.99 Å². The van der Waals surface area contributed by atoms with E-state index in [0.29, 0.717) is 28.8 Å². The lowest BCUT2D eigenvalue weighted by molar-refractivity contribution is 0.172. The smallest absolute Gasteiger partial charge is 0.130 e. The number of fused-ring (bicyclic) bond motifs is 1. The highest BCUT2D eigenvalue weighted by Crippen LogP contribution is 2.42. The van der Waals surface area contributed by atoms with E-state index in [1.165, 1.54) is 24.6 Å². The van der Waals surface area contributed by atoms with Gasteiger partial charge < -0.3 is 30.1 Å². The van der Waals surface area contributed by atoms with Gasteiger partial charge >= 0.3 is 0 Å². The highest BCUT2D eigenvalue weighted by atomic mass is 32.2. The van der Waals surface area contributed by atoms with Crippen molar-refractivity contribution in [2.45, 2.75) is 11.7 Å². The Balaban J connectivity index is 1.43. The molecular formula is C25H31N5O2S3. The van der Waals surface area contributed by atoms with Gasteiger partial charge in [0.2, 0.25) is 0 Å². The number of H-pyrrole nitrogens is 2. The lowest BCUT2D eigenvalue weighted by Gasteiger charge is -2.28. The molecule has 5 rings (SSSR count). The molecule has 4 heterocycles. The van der Waals surface area contributed by atoms with Crippen LogP contribution in [0, 0.1) is 4.64 Å². The van der Waals surface area contributed by atoms with Crippen LogP contribution in [0.2, 0.25) is 0 Å². The molecule has 0 amide bonds. The predicted octanol–water partition coefficient (Wildman–Crippen LogP) is 4.80. The number of benzene rings is 1. The third kappa shape index (κ3) is 5.56. The minimum atomic E-state index is 0.495. The molecule has 1 fully saturated rings. The molecule has 1 aromatic carbocycles. The van der Waals surface area contributed by atoms with Crippen molar-refractivity contribution < 1.29 is 9.47 Å². The molecule has 2 aromatic heterocycles. The number of thioether (sulfide) groups is 2. The third-order valence-corrected chi connectivity index (χ3v) is 8.75. The summed E-state index contributed by atoms with van der Waals surface area (Å²) in [6.07, 6.45) is 2.61. The van der Waals surface area contributed by atoms with Crippen LogP contribution in [-0.4, -0.2) is 83.2 Å². The molecule has 0 saturated carbocycles. The molecule has 0 bridgehead atoms. The zero-order valence-electron chi connectivity index (χ0n) is 19.8. The topological polar surface area (TPSA) is 91.7 Å². The Morgan fingerprint density at radius 3 is 2.91 bits per heavy atom. The van der Waals surface area contributed by atoms with Gasteiger partial charge in [-0.15, -0.1) is 0 Å². The molecule has 1 saturated heterocycles. The number of nitrogen functional groups attached to an aromatic ring is 1. The molecule has 35 heavy (non-hydrogen) atoms. The van der Waals surface area contributed by atoms with Gasteiger partial charge in [0, 0.05) is 73.7 Å². The Morgan fingerprint density at radius 2 is 2.11 bits per heavy atom. The Bertz CT molecular complexity index is 1270. The number of nitrogens with two attached hydrogens (primary N) is 1. The molecule has 186 valence electrons. The minimum Gasteiger partial charge on any atom is -0.493 e. The molecule has 3 aromatic rings. The second kappa shape index (κ2) is 11.4. The van der Waals surface area contributed by atoms with Crippen molar-refractivity contribution in [1.82, 2.24) is 14.9 Å². The van der Waals surface area contributed by atoms with E-state index in [1.54, 1.807) is 7.11 Å². The second-order valence-corrected chi connectivity index (χ2v) is 11.6. The van der Waals surface area contributed by atoms with Crippen LogP contribution in [0.5, 0.6) is 5.75 Å².